The molecule has 17 heavy (non-hydrogen) atoms. The Morgan fingerprint density at radius 3 is 2.65 bits per heavy atom. The Morgan fingerprint density at radius 2 is 2.12 bits per heavy atom. The van der Waals surface area contributed by atoms with Crippen molar-refractivity contribution in [2.75, 3.05) is 11.9 Å². The van der Waals surface area contributed by atoms with E-state index in [0.717, 1.165) is 0 Å². The number of para-hydroxylation sites is 1. The average molecular weight is 256 g/mol. The zero-order valence-corrected chi connectivity index (χ0v) is 11.0. The van der Waals surface area contributed by atoms with Crippen LogP contribution in [0.3, 0.4) is 0 Å². The molecule has 94 valence electrons. The minimum absolute atomic E-state index is 0.0528. The SMILES string of the molecule is CC(C)(C)COc1c(F)cccc1NC(N)=S. The second-order valence-corrected chi connectivity index (χ2v) is 5.39. The van der Waals surface area contributed by atoms with Crippen molar-refractivity contribution in [3.05, 3.63) is 24.0 Å². The van der Waals surface area contributed by atoms with Crippen molar-refractivity contribution < 1.29 is 9.13 Å². The highest BCUT2D eigenvalue weighted by molar-refractivity contribution is 7.80. The topological polar surface area (TPSA) is 47.3 Å². The van der Waals surface area contributed by atoms with E-state index in [1.807, 2.05) is 20.8 Å². The average Bonchev–Trinajstić information content (AvgIpc) is 2.14. The van der Waals surface area contributed by atoms with Gasteiger partial charge in [-0.05, 0) is 29.8 Å². The molecule has 0 unspecified atom stereocenters. The highest BCUT2D eigenvalue weighted by Crippen LogP contribution is 2.29. The van der Waals surface area contributed by atoms with E-state index in [1.165, 1.54) is 6.07 Å². The van der Waals surface area contributed by atoms with Crippen LogP contribution in [-0.4, -0.2) is 11.7 Å². The zero-order chi connectivity index (χ0) is 13.1. The molecule has 0 atom stereocenters. The molecule has 0 saturated carbocycles. The molecule has 0 aliphatic rings. The zero-order valence-electron chi connectivity index (χ0n) is 10.2. The largest absolute Gasteiger partial charge is 0.488 e. The van der Waals surface area contributed by atoms with Gasteiger partial charge in [-0.25, -0.2) is 4.39 Å². The highest BCUT2D eigenvalue weighted by Gasteiger charge is 2.15. The molecule has 0 spiro atoms. The van der Waals surface area contributed by atoms with Gasteiger partial charge in [0.2, 0.25) is 0 Å². The van der Waals surface area contributed by atoms with E-state index in [2.05, 4.69) is 5.32 Å². The molecular weight excluding hydrogens is 239 g/mol. The summed E-state index contributed by atoms with van der Waals surface area (Å²) in [5.74, 6) is -0.286. The van der Waals surface area contributed by atoms with E-state index in [4.69, 9.17) is 22.7 Å². The van der Waals surface area contributed by atoms with Gasteiger partial charge in [-0.3, -0.25) is 0 Å². The quantitative estimate of drug-likeness (QED) is 0.816. The van der Waals surface area contributed by atoms with Gasteiger partial charge in [-0.2, -0.15) is 0 Å². The molecule has 1 aromatic rings. The number of halogens is 1. The van der Waals surface area contributed by atoms with Crippen LogP contribution < -0.4 is 15.8 Å². The number of hydrogen-bond acceptors (Lipinski definition) is 2. The summed E-state index contributed by atoms with van der Waals surface area (Å²) in [6, 6.07) is 4.57. The summed E-state index contributed by atoms with van der Waals surface area (Å²) in [5, 5.41) is 2.77. The maximum atomic E-state index is 13.6. The van der Waals surface area contributed by atoms with E-state index >= 15 is 0 Å². The van der Waals surface area contributed by atoms with Crippen molar-refractivity contribution >= 4 is 23.0 Å². The minimum atomic E-state index is -0.435. The van der Waals surface area contributed by atoms with Gasteiger partial charge in [0.15, 0.2) is 16.7 Å². The maximum absolute atomic E-state index is 13.6. The van der Waals surface area contributed by atoms with Gasteiger partial charge in [-0.1, -0.05) is 26.8 Å². The summed E-state index contributed by atoms with van der Waals surface area (Å²) in [7, 11) is 0. The van der Waals surface area contributed by atoms with Crippen molar-refractivity contribution in [2.45, 2.75) is 20.8 Å². The fraction of sp³-hybridized carbons (Fsp3) is 0.417. The third kappa shape index (κ3) is 4.56. The first-order valence-corrected chi connectivity index (χ1v) is 5.68. The molecule has 0 bridgehead atoms. The lowest BCUT2D eigenvalue weighted by molar-refractivity contribution is 0.192. The number of thiocarbonyl (C=S) groups is 1. The predicted molar refractivity (Wildman–Crippen MR) is 71.8 cm³/mol. The predicted octanol–water partition coefficient (Wildman–Crippen LogP) is 2.91. The molecule has 0 fully saturated rings. The number of hydrogen-bond donors (Lipinski definition) is 2. The van der Waals surface area contributed by atoms with Crippen LogP contribution in [0.25, 0.3) is 0 Å². The second kappa shape index (κ2) is 5.31. The molecule has 1 aromatic carbocycles. The molecule has 3 N–H and O–H groups in total. The van der Waals surface area contributed by atoms with Crippen LogP contribution in [0.5, 0.6) is 5.75 Å². The second-order valence-electron chi connectivity index (χ2n) is 4.96. The van der Waals surface area contributed by atoms with Crippen LogP contribution in [0.4, 0.5) is 10.1 Å². The van der Waals surface area contributed by atoms with Gasteiger partial charge in [0.1, 0.15) is 0 Å². The summed E-state index contributed by atoms with van der Waals surface area (Å²) in [6.45, 7) is 6.43. The Labute approximate surface area is 106 Å². The molecule has 0 aliphatic heterocycles. The Hall–Kier alpha value is -1.36. The summed E-state index contributed by atoms with van der Waals surface area (Å²) in [6.07, 6.45) is 0. The highest BCUT2D eigenvalue weighted by atomic mass is 32.1. The van der Waals surface area contributed by atoms with Crippen LogP contribution >= 0.6 is 12.2 Å². The van der Waals surface area contributed by atoms with E-state index in [-0.39, 0.29) is 16.3 Å². The monoisotopic (exact) mass is 256 g/mol. The minimum Gasteiger partial charge on any atom is -0.488 e. The number of nitrogens with two attached hydrogens (primary N) is 1. The summed E-state index contributed by atoms with van der Waals surface area (Å²) in [5.41, 5.74) is 5.76. The van der Waals surface area contributed by atoms with E-state index < -0.39 is 5.82 Å². The Kier molecular flexibility index (Phi) is 4.28. The Morgan fingerprint density at radius 1 is 1.47 bits per heavy atom. The van der Waals surface area contributed by atoms with Crippen molar-refractivity contribution in [3.8, 4) is 5.75 Å². The van der Waals surface area contributed by atoms with Crippen LogP contribution in [0.1, 0.15) is 20.8 Å². The lowest BCUT2D eigenvalue weighted by Gasteiger charge is -2.20. The third-order valence-corrected chi connectivity index (χ3v) is 1.98. The molecule has 3 nitrogen and oxygen atoms in total. The number of nitrogens with one attached hydrogen (secondary N) is 1. The fourth-order valence-corrected chi connectivity index (χ4v) is 1.29. The van der Waals surface area contributed by atoms with Crippen molar-refractivity contribution in [1.29, 1.82) is 0 Å². The van der Waals surface area contributed by atoms with Gasteiger partial charge < -0.3 is 15.8 Å². The lowest BCUT2D eigenvalue weighted by atomic mass is 9.99. The van der Waals surface area contributed by atoms with Crippen molar-refractivity contribution in [3.63, 3.8) is 0 Å². The molecule has 0 aromatic heterocycles. The number of anilines is 1. The molecule has 1 rings (SSSR count). The summed E-state index contributed by atoms with van der Waals surface area (Å²) < 4.78 is 19.1. The third-order valence-electron chi connectivity index (χ3n) is 1.87. The molecule has 5 heteroatoms. The van der Waals surface area contributed by atoms with Gasteiger partial charge in [0.25, 0.3) is 0 Å². The Balaban J connectivity index is 2.91. The normalized spacial score (nSPS) is 11.1. The Bertz CT molecular complexity index is 415. The molecule has 0 aliphatic carbocycles. The summed E-state index contributed by atoms with van der Waals surface area (Å²) >= 11 is 4.73. The first-order valence-electron chi connectivity index (χ1n) is 5.27. The van der Waals surface area contributed by atoms with Crippen LogP contribution in [0.15, 0.2) is 18.2 Å². The van der Waals surface area contributed by atoms with Crippen molar-refractivity contribution in [1.82, 2.24) is 0 Å². The molecular formula is C12H17FN2OS. The smallest absolute Gasteiger partial charge is 0.178 e. The summed E-state index contributed by atoms with van der Waals surface area (Å²) in [4.78, 5) is 0. The number of ether oxygens (including phenoxy) is 1. The van der Waals surface area contributed by atoms with Crippen LogP contribution in [0.2, 0.25) is 0 Å². The fourth-order valence-electron chi connectivity index (χ4n) is 1.18. The van der Waals surface area contributed by atoms with E-state index in [1.54, 1.807) is 12.1 Å². The maximum Gasteiger partial charge on any atom is 0.178 e. The molecule has 0 amide bonds. The standard InChI is InChI=1S/C12H17FN2OS/c1-12(2,3)7-16-10-8(13)5-4-6-9(10)15-11(14)17/h4-6H,7H2,1-3H3,(H3,14,15,17). The van der Waals surface area contributed by atoms with Crippen molar-refractivity contribution in [2.24, 2.45) is 11.1 Å². The van der Waals surface area contributed by atoms with Crippen LogP contribution in [-0.2, 0) is 0 Å². The molecule has 0 heterocycles. The number of rotatable bonds is 3. The van der Waals surface area contributed by atoms with E-state index in [0.29, 0.717) is 12.3 Å². The van der Waals surface area contributed by atoms with Crippen LogP contribution in [0, 0.1) is 11.2 Å². The first kappa shape index (κ1) is 13.7. The van der Waals surface area contributed by atoms with E-state index in [9.17, 15) is 4.39 Å². The molecule has 0 saturated heterocycles. The van der Waals surface area contributed by atoms with Gasteiger partial charge >= 0.3 is 0 Å². The lowest BCUT2D eigenvalue weighted by Crippen LogP contribution is -2.21. The van der Waals surface area contributed by atoms with Gasteiger partial charge in [-0.15, -0.1) is 0 Å². The van der Waals surface area contributed by atoms with Gasteiger partial charge in [0, 0.05) is 0 Å². The van der Waals surface area contributed by atoms with Gasteiger partial charge in [0.05, 0.1) is 12.3 Å². The number of benzene rings is 1. The first-order chi connectivity index (χ1) is 7.79. The molecule has 0 radical (unpaired) electrons.